The third-order valence-corrected chi connectivity index (χ3v) is 1.85. The van der Waals surface area contributed by atoms with Crippen LogP contribution in [0, 0.1) is 0 Å². The molecule has 0 unspecified atom stereocenters. The van der Waals surface area contributed by atoms with Crippen molar-refractivity contribution < 1.29 is 19.4 Å². The molecule has 0 saturated carbocycles. The van der Waals surface area contributed by atoms with Gasteiger partial charge < -0.3 is 15.4 Å². The van der Waals surface area contributed by atoms with Gasteiger partial charge in [0.05, 0.1) is 13.5 Å². The molecule has 5 nitrogen and oxygen atoms in total. The fourth-order valence-corrected chi connectivity index (χ4v) is 1.07. The lowest BCUT2D eigenvalue weighted by molar-refractivity contribution is -0.137. The summed E-state index contributed by atoms with van der Waals surface area (Å²) in [7, 11) is 1.21. The van der Waals surface area contributed by atoms with Crippen LogP contribution in [0.1, 0.15) is 5.56 Å². The first-order valence-electron chi connectivity index (χ1n) is 4.24. The molecule has 1 rings (SSSR count). The minimum atomic E-state index is -0.675. The molecule has 78 valence electrons. The molecule has 1 aromatic carbocycles. The van der Waals surface area contributed by atoms with Crippen molar-refractivity contribution in [3.05, 3.63) is 35.4 Å². The summed E-state index contributed by atoms with van der Waals surface area (Å²) in [5.41, 5.74) is 9.24. The van der Waals surface area contributed by atoms with Crippen LogP contribution in [-0.4, -0.2) is 28.7 Å². The molecule has 0 radical (unpaired) electrons. The van der Waals surface area contributed by atoms with Crippen molar-refractivity contribution in [1.29, 1.82) is 0 Å². The molecule has 1 N–H and O–H groups in total. The van der Waals surface area contributed by atoms with Crippen LogP contribution in [0.3, 0.4) is 0 Å². The molecular weight excluding hydrogens is 196 g/mol. The smallest absolute Gasteiger partial charge is 0.416 e. The average molecular weight is 206 g/mol. The highest BCUT2D eigenvalue weighted by atomic mass is 16.5. The highest BCUT2D eigenvalue weighted by Crippen LogP contribution is 2.10. The van der Waals surface area contributed by atoms with E-state index in [0.29, 0.717) is 0 Å². The van der Waals surface area contributed by atoms with E-state index in [9.17, 15) is 4.79 Å². The summed E-state index contributed by atoms with van der Waals surface area (Å²) >= 11 is 0. The number of phenolic OH excluding ortho intramolecular Hbond substituents is 1. The van der Waals surface area contributed by atoms with Gasteiger partial charge >= 0.3 is 11.7 Å². The quantitative estimate of drug-likeness (QED) is 0.343. The Kier molecular flexibility index (Phi) is 3.60. The number of methoxy groups -OCH3 is 1. The van der Waals surface area contributed by atoms with Gasteiger partial charge in [0.25, 0.3) is 0 Å². The van der Waals surface area contributed by atoms with Crippen molar-refractivity contribution in [3.63, 3.8) is 0 Å². The number of esters is 1. The van der Waals surface area contributed by atoms with Gasteiger partial charge in [0.2, 0.25) is 0 Å². The van der Waals surface area contributed by atoms with Gasteiger partial charge in [0.15, 0.2) is 0 Å². The minimum Gasteiger partial charge on any atom is -0.508 e. The maximum atomic E-state index is 11.1. The predicted octanol–water partition coefficient (Wildman–Crippen LogP) is 0.778. The molecule has 0 aromatic heterocycles. The molecule has 0 aliphatic rings. The summed E-state index contributed by atoms with van der Waals surface area (Å²) in [6, 6.07) is 6.23. The predicted molar refractivity (Wildman–Crippen MR) is 52.5 cm³/mol. The normalized spacial score (nSPS) is 9.13. The number of phenols is 1. The summed E-state index contributed by atoms with van der Waals surface area (Å²) in [5.74, 6) is -0.537. The molecule has 0 saturated heterocycles. The summed E-state index contributed by atoms with van der Waals surface area (Å²) in [6.07, 6.45) is 0.156. The average Bonchev–Trinajstić information content (AvgIpc) is 2.27. The summed E-state index contributed by atoms with van der Waals surface area (Å²) in [6.45, 7) is 0. The highest BCUT2D eigenvalue weighted by Gasteiger charge is 2.20. The van der Waals surface area contributed by atoms with E-state index in [0.717, 1.165) is 5.56 Å². The van der Waals surface area contributed by atoms with Crippen LogP contribution in [0.5, 0.6) is 5.75 Å². The second kappa shape index (κ2) is 4.93. The van der Waals surface area contributed by atoms with Gasteiger partial charge in [-0.3, -0.25) is 0 Å². The van der Waals surface area contributed by atoms with E-state index in [1.807, 2.05) is 0 Å². The Morgan fingerprint density at radius 3 is 2.53 bits per heavy atom. The molecule has 0 bridgehead atoms. The molecule has 15 heavy (non-hydrogen) atoms. The highest BCUT2D eigenvalue weighted by molar-refractivity contribution is 6.34. The first-order chi connectivity index (χ1) is 7.17. The Labute approximate surface area is 86.5 Å². The Morgan fingerprint density at radius 2 is 2.07 bits per heavy atom. The van der Waals surface area contributed by atoms with Crippen molar-refractivity contribution in [1.82, 2.24) is 0 Å². The fourth-order valence-electron chi connectivity index (χ4n) is 1.07. The third kappa shape index (κ3) is 2.93. The molecular formula is C10H10N2O3. The van der Waals surface area contributed by atoms with Gasteiger partial charge in [-0.1, -0.05) is 12.1 Å². The maximum absolute atomic E-state index is 11.1. The van der Waals surface area contributed by atoms with Crippen LogP contribution in [0.4, 0.5) is 0 Å². The lowest BCUT2D eigenvalue weighted by Gasteiger charge is -1.97. The first-order valence-corrected chi connectivity index (χ1v) is 4.24. The Bertz CT molecular complexity index is 405. The molecule has 0 heterocycles. The fraction of sp³-hybridized carbons (Fsp3) is 0.200. The van der Waals surface area contributed by atoms with Crippen LogP contribution in [0.25, 0.3) is 5.53 Å². The molecule has 0 aliphatic carbocycles. The number of ether oxygens (including phenoxy) is 1. The molecule has 0 fully saturated rings. The van der Waals surface area contributed by atoms with Crippen LogP contribution in [0.2, 0.25) is 0 Å². The van der Waals surface area contributed by atoms with E-state index in [2.05, 4.69) is 9.53 Å². The summed E-state index contributed by atoms with van der Waals surface area (Å²) < 4.78 is 4.42. The lowest BCUT2D eigenvalue weighted by Crippen LogP contribution is -2.19. The van der Waals surface area contributed by atoms with Gasteiger partial charge in [0.1, 0.15) is 5.75 Å². The number of hydrogen-bond acceptors (Lipinski definition) is 3. The Balaban J connectivity index is 2.81. The van der Waals surface area contributed by atoms with Gasteiger partial charge in [-0.2, -0.15) is 4.79 Å². The van der Waals surface area contributed by atoms with Crippen LogP contribution < -0.4 is 0 Å². The van der Waals surface area contributed by atoms with E-state index < -0.39 is 5.97 Å². The van der Waals surface area contributed by atoms with Crippen molar-refractivity contribution in [3.8, 4) is 5.75 Å². The van der Waals surface area contributed by atoms with Gasteiger partial charge in [-0.15, -0.1) is 0 Å². The molecule has 5 heteroatoms. The van der Waals surface area contributed by atoms with E-state index in [4.69, 9.17) is 10.6 Å². The van der Waals surface area contributed by atoms with Crippen LogP contribution in [0.15, 0.2) is 24.3 Å². The third-order valence-electron chi connectivity index (χ3n) is 1.85. The molecule has 1 aromatic rings. The number of nitrogens with zero attached hydrogens (tertiary/aromatic N) is 2. The topological polar surface area (TPSA) is 82.9 Å². The van der Waals surface area contributed by atoms with Gasteiger partial charge in [0, 0.05) is 0 Å². The second-order valence-electron chi connectivity index (χ2n) is 2.88. The second-order valence-corrected chi connectivity index (χ2v) is 2.88. The largest absolute Gasteiger partial charge is 0.508 e. The molecule has 0 spiro atoms. The minimum absolute atomic E-state index is 0.0804. The lowest BCUT2D eigenvalue weighted by atomic mass is 10.1. The summed E-state index contributed by atoms with van der Waals surface area (Å²) in [4.78, 5) is 13.9. The number of carbonyl (C=O) groups is 1. The van der Waals surface area contributed by atoms with Crippen LogP contribution >= 0.6 is 0 Å². The number of benzene rings is 1. The Morgan fingerprint density at radius 1 is 1.47 bits per heavy atom. The van der Waals surface area contributed by atoms with Crippen LogP contribution in [-0.2, 0) is 16.0 Å². The number of aromatic hydroxyl groups is 1. The summed E-state index contributed by atoms with van der Waals surface area (Å²) in [5, 5.41) is 9.03. The zero-order valence-electron chi connectivity index (χ0n) is 8.17. The van der Waals surface area contributed by atoms with Gasteiger partial charge in [-0.05, 0) is 17.7 Å². The van der Waals surface area contributed by atoms with Crippen molar-refractivity contribution in [2.45, 2.75) is 6.42 Å². The van der Waals surface area contributed by atoms with E-state index in [1.54, 1.807) is 12.1 Å². The van der Waals surface area contributed by atoms with Crippen molar-refractivity contribution in [2.24, 2.45) is 0 Å². The maximum Gasteiger partial charge on any atom is 0.416 e. The number of hydrogen-bond donors (Lipinski definition) is 1. The van der Waals surface area contributed by atoms with Crippen molar-refractivity contribution in [2.75, 3.05) is 7.11 Å². The molecule has 0 atom stereocenters. The number of carbonyl (C=O) groups excluding carboxylic acids is 1. The number of rotatable bonds is 3. The van der Waals surface area contributed by atoms with Gasteiger partial charge in [-0.25, -0.2) is 4.79 Å². The zero-order valence-corrected chi connectivity index (χ0v) is 8.17. The molecule has 0 aliphatic heterocycles. The van der Waals surface area contributed by atoms with Crippen molar-refractivity contribution >= 4 is 11.7 Å². The van der Waals surface area contributed by atoms with E-state index in [-0.39, 0.29) is 17.9 Å². The molecule has 0 amide bonds. The SMILES string of the molecule is COC(=O)C(Cc1ccc(O)cc1)=[N+]=[N-]. The standard InChI is InChI=1S/C10H10N2O3/c1-15-10(14)9(12-11)6-7-2-4-8(13)5-3-7/h2-5,13H,6H2,1H3. The van der Waals surface area contributed by atoms with E-state index in [1.165, 1.54) is 19.2 Å². The first kappa shape index (κ1) is 10.9. The Hall–Kier alpha value is -2.13. The van der Waals surface area contributed by atoms with E-state index >= 15 is 0 Å². The monoisotopic (exact) mass is 206 g/mol. The zero-order chi connectivity index (χ0) is 11.3.